The van der Waals surface area contributed by atoms with Crippen molar-refractivity contribution in [3.63, 3.8) is 0 Å². The van der Waals surface area contributed by atoms with Crippen LogP contribution in [0.25, 0.3) is 0 Å². The number of rotatable bonds is 4. The second-order valence-electron chi connectivity index (χ2n) is 4.47. The third-order valence-electron chi connectivity index (χ3n) is 3.08. The first-order valence-corrected chi connectivity index (χ1v) is 7.06. The Morgan fingerprint density at radius 1 is 1.47 bits per heavy atom. The van der Waals surface area contributed by atoms with Gasteiger partial charge in [-0.1, -0.05) is 30.0 Å². The summed E-state index contributed by atoms with van der Waals surface area (Å²) in [6, 6.07) is 9.97. The minimum absolute atomic E-state index is 0.140. The van der Waals surface area contributed by atoms with Crippen molar-refractivity contribution in [3.05, 3.63) is 45.9 Å². The summed E-state index contributed by atoms with van der Waals surface area (Å²) in [4.78, 5) is 11.6. The summed E-state index contributed by atoms with van der Waals surface area (Å²) in [7, 11) is 0. The summed E-state index contributed by atoms with van der Waals surface area (Å²) in [5, 5.41) is 16.3. The topological polar surface area (TPSA) is 74.5 Å². The standard InChI is InChI=1S/C13H12N4OS/c14-7-9-3-1-2-4-10(9)8-19-13-16-15-12(18)17(13)11-5-6-11/h1-4,11H,5-6,8H2,(H,15,18). The van der Waals surface area contributed by atoms with E-state index in [1.165, 1.54) is 11.8 Å². The lowest BCUT2D eigenvalue weighted by atomic mass is 10.1. The largest absolute Gasteiger partial charge is 0.344 e. The van der Waals surface area contributed by atoms with Crippen LogP contribution < -0.4 is 5.69 Å². The van der Waals surface area contributed by atoms with Crippen LogP contribution in [-0.2, 0) is 5.75 Å². The van der Waals surface area contributed by atoms with Gasteiger partial charge in [-0.2, -0.15) is 5.26 Å². The Hall–Kier alpha value is -2.00. The number of benzene rings is 1. The van der Waals surface area contributed by atoms with E-state index < -0.39 is 0 Å². The van der Waals surface area contributed by atoms with Crippen molar-refractivity contribution in [2.24, 2.45) is 0 Å². The van der Waals surface area contributed by atoms with Gasteiger partial charge in [0.15, 0.2) is 5.16 Å². The average molecular weight is 272 g/mol. The van der Waals surface area contributed by atoms with Crippen molar-refractivity contribution < 1.29 is 0 Å². The highest BCUT2D eigenvalue weighted by molar-refractivity contribution is 7.98. The van der Waals surface area contributed by atoms with E-state index >= 15 is 0 Å². The van der Waals surface area contributed by atoms with Gasteiger partial charge in [0.2, 0.25) is 0 Å². The SMILES string of the molecule is N#Cc1ccccc1CSc1n[nH]c(=O)n1C1CC1. The van der Waals surface area contributed by atoms with Crippen LogP contribution in [0.3, 0.4) is 0 Å². The highest BCUT2D eigenvalue weighted by Crippen LogP contribution is 2.36. The smallest absolute Gasteiger partial charge is 0.267 e. The fourth-order valence-corrected chi connectivity index (χ4v) is 2.96. The maximum absolute atomic E-state index is 11.6. The Morgan fingerprint density at radius 2 is 2.26 bits per heavy atom. The van der Waals surface area contributed by atoms with Crippen molar-refractivity contribution in [1.82, 2.24) is 14.8 Å². The monoisotopic (exact) mass is 272 g/mol. The van der Waals surface area contributed by atoms with E-state index in [0.29, 0.717) is 22.5 Å². The summed E-state index contributed by atoms with van der Waals surface area (Å²) < 4.78 is 1.72. The quantitative estimate of drug-likeness (QED) is 0.865. The minimum Gasteiger partial charge on any atom is -0.267 e. The first kappa shape index (κ1) is 12.1. The maximum atomic E-state index is 11.6. The van der Waals surface area contributed by atoms with Crippen LogP contribution in [0, 0.1) is 11.3 Å². The van der Waals surface area contributed by atoms with Crippen molar-refractivity contribution in [2.45, 2.75) is 29.8 Å². The normalized spacial score (nSPS) is 14.3. The molecule has 3 rings (SSSR count). The second-order valence-corrected chi connectivity index (χ2v) is 5.41. The molecule has 5 nitrogen and oxygen atoms in total. The molecule has 2 aromatic rings. The number of nitrogens with one attached hydrogen (secondary N) is 1. The van der Waals surface area contributed by atoms with Crippen LogP contribution in [0.5, 0.6) is 0 Å². The molecule has 1 aliphatic carbocycles. The van der Waals surface area contributed by atoms with Gasteiger partial charge in [0.1, 0.15) is 0 Å². The Balaban J connectivity index is 1.80. The molecule has 1 N–H and O–H groups in total. The maximum Gasteiger partial charge on any atom is 0.344 e. The molecule has 96 valence electrons. The number of aromatic amines is 1. The summed E-state index contributed by atoms with van der Waals surface area (Å²) in [5.41, 5.74) is 1.50. The van der Waals surface area contributed by atoms with Gasteiger partial charge in [0.05, 0.1) is 11.6 Å². The van der Waals surface area contributed by atoms with Gasteiger partial charge < -0.3 is 0 Å². The molecular formula is C13H12N4OS. The van der Waals surface area contributed by atoms with Gasteiger partial charge in [-0.05, 0) is 24.5 Å². The lowest BCUT2D eigenvalue weighted by Crippen LogP contribution is -2.16. The van der Waals surface area contributed by atoms with Crippen LogP contribution in [-0.4, -0.2) is 14.8 Å². The van der Waals surface area contributed by atoms with E-state index in [2.05, 4.69) is 16.3 Å². The van der Waals surface area contributed by atoms with Crippen LogP contribution in [0.2, 0.25) is 0 Å². The lowest BCUT2D eigenvalue weighted by molar-refractivity contribution is 0.642. The van der Waals surface area contributed by atoms with E-state index in [0.717, 1.165) is 18.4 Å². The van der Waals surface area contributed by atoms with E-state index in [4.69, 9.17) is 5.26 Å². The number of aromatic nitrogens is 3. The molecule has 0 bridgehead atoms. The van der Waals surface area contributed by atoms with Crippen molar-refractivity contribution in [3.8, 4) is 6.07 Å². The van der Waals surface area contributed by atoms with Gasteiger partial charge in [-0.25, -0.2) is 9.89 Å². The average Bonchev–Trinajstić information content (AvgIpc) is 3.20. The number of H-pyrrole nitrogens is 1. The van der Waals surface area contributed by atoms with Gasteiger partial charge in [0, 0.05) is 11.8 Å². The molecule has 1 heterocycles. The van der Waals surface area contributed by atoms with Crippen LogP contribution >= 0.6 is 11.8 Å². The molecule has 0 amide bonds. The first-order chi connectivity index (χ1) is 9.29. The Bertz CT molecular complexity index is 693. The molecular weight excluding hydrogens is 260 g/mol. The van der Waals surface area contributed by atoms with Gasteiger partial charge in [-0.3, -0.25) is 4.57 Å². The first-order valence-electron chi connectivity index (χ1n) is 6.07. The third-order valence-corrected chi connectivity index (χ3v) is 4.08. The molecule has 0 radical (unpaired) electrons. The van der Waals surface area contributed by atoms with E-state index in [-0.39, 0.29) is 5.69 Å². The third kappa shape index (κ3) is 2.42. The predicted octanol–water partition coefficient (Wildman–Crippen LogP) is 2.07. The molecule has 0 aliphatic heterocycles. The fraction of sp³-hybridized carbons (Fsp3) is 0.308. The highest BCUT2D eigenvalue weighted by Gasteiger charge is 2.28. The molecule has 6 heteroatoms. The Morgan fingerprint density at radius 3 is 3.00 bits per heavy atom. The number of hydrogen-bond donors (Lipinski definition) is 1. The number of thioether (sulfide) groups is 1. The van der Waals surface area contributed by atoms with Crippen molar-refractivity contribution in [1.29, 1.82) is 5.26 Å². The molecule has 1 fully saturated rings. The number of nitriles is 1. The van der Waals surface area contributed by atoms with Crippen molar-refractivity contribution >= 4 is 11.8 Å². The molecule has 1 saturated carbocycles. The van der Waals surface area contributed by atoms with Gasteiger partial charge in [0.25, 0.3) is 0 Å². The Labute approximate surface area is 114 Å². The molecule has 1 aromatic heterocycles. The second kappa shape index (κ2) is 4.94. The molecule has 1 aliphatic rings. The zero-order valence-electron chi connectivity index (χ0n) is 10.2. The van der Waals surface area contributed by atoms with Crippen molar-refractivity contribution in [2.75, 3.05) is 0 Å². The number of hydrogen-bond acceptors (Lipinski definition) is 4. The van der Waals surface area contributed by atoms with Crippen LogP contribution in [0.15, 0.2) is 34.2 Å². The Kier molecular flexibility index (Phi) is 3.13. The number of nitrogens with zero attached hydrogens (tertiary/aromatic N) is 3. The van der Waals surface area contributed by atoms with E-state index in [1.54, 1.807) is 10.6 Å². The summed E-state index contributed by atoms with van der Waals surface area (Å²) in [5.74, 6) is 0.640. The fourth-order valence-electron chi connectivity index (χ4n) is 1.94. The zero-order valence-corrected chi connectivity index (χ0v) is 11.0. The van der Waals surface area contributed by atoms with Crippen LogP contribution in [0.1, 0.15) is 30.0 Å². The zero-order chi connectivity index (χ0) is 13.2. The molecule has 0 atom stereocenters. The minimum atomic E-state index is -0.140. The summed E-state index contributed by atoms with van der Waals surface area (Å²) in [6.45, 7) is 0. The van der Waals surface area contributed by atoms with E-state index in [9.17, 15) is 4.79 Å². The van der Waals surface area contributed by atoms with Crippen LogP contribution in [0.4, 0.5) is 0 Å². The molecule has 19 heavy (non-hydrogen) atoms. The summed E-state index contributed by atoms with van der Waals surface area (Å²) >= 11 is 1.49. The summed E-state index contributed by atoms with van der Waals surface area (Å²) in [6.07, 6.45) is 2.09. The molecule has 0 unspecified atom stereocenters. The van der Waals surface area contributed by atoms with Gasteiger partial charge in [-0.15, -0.1) is 5.10 Å². The van der Waals surface area contributed by atoms with Gasteiger partial charge >= 0.3 is 5.69 Å². The molecule has 0 spiro atoms. The van der Waals surface area contributed by atoms with E-state index in [1.807, 2.05) is 18.2 Å². The lowest BCUT2D eigenvalue weighted by Gasteiger charge is -2.04. The molecule has 0 saturated heterocycles. The molecule has 1 aromatic carbocycles. The predicted molar refractivity (Wildman–Crippen MR) is 71.8 cm³/mol. The highest BCUT2D eigenvalue weighted by atomic mass is 32.2.